The van der Waals surface area contributed by atoms with Gasteiger partial charge in [-0.25, -0.2) is 22.2 Å². The molecule has 0 spiro atoms. The number of aromatic nitrogens is 4. The van der Waals surface area contributed by atoms with E-state index in [0.29, 0.717) is 33.8 Å². The highest BCUT2D eigenvalue weighted by atomic mass is 32.2. The molecule has 0 aliphatic heterocycles. The summed E-state index contributed by atoms with van der Waals surface area (Å²) in [6, 6.07) is 8.67. The number of sulfone groups is 1. The standard InChI is InChI=1S/C20H18F2N6O2S/c1-11-4-5-12(8-17(11)31(3,29)30)24-20-23-7-6-18(25-20)28(2)19-13-9-14(21)15(22)10-16(13)26-27-19/h4-10H,1-3H3,(H,26,27)(H,23,24,25). The average molecular weight is 444 g/mol. The molecule has 0 radical (unpaired) electrons. The van der Waals surface area contributed by atoms with Gasteiger partial charge in [0.2, 0.25) is 5.95 Å². The van der Waals surface area contributed by atoms with Gasteiger partial charge in [-0.2, -0.15) is 10.1 Å². The molecule has 2 aromatic heterocycles. The van der Waals surface area contributed by atoms with E-state index in [4.69, 9.17) is 0 Å². The van der Waals surface area contributed by atoms with E-state index in [0.717, 1.165) is 18.4 Å². The third-order valence-electron chi connectivity index (χ3n) is 4.73. The molecule has 0 aliphatic carbocycles. The summed E-state index contributed by atoms with van der Waals surface area (Å²) in [5.74, 6) is -0.927. The van der Waals surface area contributed by atoms with Gasteiger partial charge < -0.3 is 10.2 Å². The Morgan fingerprint density at radius 3 is 2.58 bits per heavy atom. The molecule has 2 N–H and O–H groups in total. The van der Waals surface area contributed by atoms with Crippen molar-refractivity contribution in [3.8, 4) is 0 Å². The predicted molar refractivity (Wildman–Crippen MR) is 114 cm³/mol. The largest absolute Gasteiger partial charge is 0.324 e. The zero-order valence-electron chi connectivity index (χ0n) is 16.8. The van der Waals surface area contributed by atoms with Crippen LogP contribution in [0.5, 0.6) is 0 Å². The van der Waals surface area contributed by atoms with Crippen LogP contribution in [-0.2, 0) is 9.84 Å². The minimum atomic E-state index is -3.39. The Hall–Kier alpha value is -3.60. The van der Waals surface area contributed by atoms with Crippen LogP contribution in [-0.4, -0.2) is 41.9 Å². The van der Waals surface area contributed by atoms with Crippen molar-refractivity contribution < 1.29 is 17.2 Å². The number of nitrogens with one attached hydrogen (secondary N) is 2. The van der Waals surface area contributed by atoms with Crippen molar-refractivity contribution in [2.75, 3.05) is 23.5 Å². The third kappa shape index (κ3) is 4.04. The number of rotatable bonds is 5. The number of hydrogen-bond acceptors (Lipinski definition) is 7. The van der Waals surface area contributed by atoms with Crippen LogP contribution in [0.25, 0.3) is 10.9 Å². The van der Waals surface area contributed by atoms with E-state index < -0.39 is 21.5 Å². The fraction of sp³-hybridized carbons (Fsp3) is 0.150. The molecule has 0 amide bonds. The molecule has 0 saturated heterocycles. The molecule has 0 saturated carbocycles. The maximum atomic E-state index is 13.7. The van der Waals surface area contributed by atoms with E-state index in [2.05, 4.69) is 25.5 Å². The van der Waals surface area contributed by atoms with E-state index in [1.54, 1.807) is 37.1 Å². The van der Waals surface area contributed by atoms with Crippen LogP contribution in [0.3, 0.4) is 0 Å². The van der Waals surface area contributed by atoms with Crippen LogP contribution >= 0.6 is 0 Å². The second-order valence-electron chi connectivity index (χ2n) is 7.03. The summed E-state index contributed by atoms with van der Waals surface area (Å²) >= 11 is 0. The van der Waals surface area contributed by atoms with E-state index >= 15 is 0 Å². The van der Waals surface area contributed by atoms with Crippen molar-refractivity contribution in [3.63, 3.8) is 0 Å². The van der Waals surface area contributed by atoms with Crippen LogP contribution in [0.15, 0.2) is 47.5 Å². The molecule has 0 atom stereocenters. The molecule has 2 aromatic carbocycles. The summed E-state index contributed by atoms with van der Waals surface area (Å²) in [6.07, 6.45) is 2.66. The Morgan fingerprint density at radius 2 is 1.84 bits per heavy atom. The van der Waals surface area contributed by atoms with Crippen molar-refractivity contribution in [1.82, 2.24) is 20.2 Å². The molecule has 0 unspecified atom stereocenters. The smallest absolute Gasteiger partial charge is 0.229 e. The second kappa shape index (κ2) is 7.58. The lowest BCUT2D eigenvalue weighted by Gasteiger charge is -2.16. The number of H-pyrrole nitrogens is 1. The summed E-state index contributed by atoms with van der Waals surface area (Å²) in [7, 11) is -1.71. The number of aromatic amines is 1. The number of halogens is 2. The van der Waals surface area contributed by atoms with Gasteiger partial charge in [0.1, 0.15) is 5.82 Å². The number of nitrogens with zero attached hydrogens (tertiary/aromatic N) is 4. The molecular weight excluding hydrogens is 426 g/mol. The van der Waals surface area contributed by atoms with Gasteiger partial charge in [0.05, 0.1) is 10.4 Å². The van der Waals surface area contributed by atoms with Gasteiger partial charge in [0, 0.05) is 36.6 Å². The van der Waals surface area contributed by atoms with Crippen LogP contribution in [0.1, 0.15) is 5.56 Å². The zero-order chi connectivity index (χ0) is 22.3. The lowest BCUT2D eigenvalue weighted by atomic mass is 10.2. The minimum Gasteiger partial charge on any atom is -0.324 e. The molecule has 4 rings (SSSR count). The van der Waals surface area contributed by atoms with E-state index in [1.165, 1.54) is 12.3 Å². The molecule has 0 bridgehead atoms. The van der Waals surface area contributed by atoms with Crippen LogP contribution in [0, 0.1) is 18.6 Å². The van der Waals surface area contributed by atoms with E-state index in [-0.39, 0.29) is 10.8 Å². The minimum absolute atomic E-state index is 0.211. The Bertz CT molecular complexity index is 1400. The maximum Gasteiger partial charge on any atom is 0.229 e. The Morgan fingerprint density at radius 1 is 1.10 bits per heavy atom. The molecule has 8 nitrogen and oxygen atoms in total. The van der Waals surface area contributed by atoms with Crippen molar-refractivity contribution >= 4 is 44.0 Å². The monoisotopic (exact) mass is 444 g/mol. The summed E-state index contributed by atoms with van der Waals surface area (Å²) in [5, 5.41) is 10.2. The molecule has 2 heterocycles. The van der Waals surface area contributed by atoms with Crippen molar-refractivity contribution in [1.29, 1.82) is 0 Å². The first kappa shape index (κ1) is 20.7. The Balaban J connectivity index is 1.66. The number of hydrogen-bond donors (Lipinski definition) is 2. The molecule has 4 aromatic rings. The highest BCUT2D eigenvalue weighted by Gasteiger charge is 2.17. The SMILES string of the molecule is Cc1ccc(Nc2nccc(N(C)c3n[nH]c4cc(F)c(F)cc34)n2)cc1S(C)(=O)=O. The molecule has 0 fully saturated rings. The Labute approximate surface area is 176 Å². The highest BCUT2D eigenvalue weighted by molar-refractivity contribution is 7.90. The lowest BCUT2D eigenvalue weighted by Crippen LogP contribution is -2.13. The second-order valence-corrected chi connectivity index (χ2v) is 9.02. The first-order valence-corrected chi connectivity index (χ1v) is 11.0. The average Bonchev–Trinajstić information content (AvgIpc) is 3.11. The topological polar surface area (TPSA) is 104 Å². The van der Waals surface area contributed by atoms with Gasteiger partial charge in [-0.15, -0.1) is 0 Å². The molecule has 11 heteroatoms. The zero-order valence-corrected chi connectivity index (χ0v) is 17.6. The van der Waals surface area contributed by atoms with Crippen LogP contribution in [0.2, 0.25) is 0 Å². The Kier molecular flexibility index (Phi) is 5.05. The quantitative estimate of drug-likeness (QED) is 0.482. The van der Waals surface area contributed by atoms with Gasteiger partial charge in [0.25, 0.3) is 0 Å². The summed E-state index contributed by atoms with van der Waals surface area (Å²) in [5.41, 5.74) is 1.49. The van der Waals surface area contributed by atoms with E-state index in [1.807, 2.05) is 0 Å². The number of benzene rings is 2. The fourth-order valence-corrected chi connectivity index (χ4v) is 4.16. The van der Waals surface area contributed by atoms with Gasteiger partial charge in [-0.3, -0.25) is 5.10 Å². The highest BCUT2D eigenvalue weighted by Crippen LogP contribution is 2.30. The van der Waals surface area contributed by atoms with Crippen molar-refractivity contribution in [2.24, 2.45) is 0 Å². The predicted octanol–water partition coefficient (Wildman–Crippen LogP) is 3.85. The summed E-state index contributed by atoms with van der Waals surface area (Å²) in [4.78, 5) is 10.4. The van der Waals surface area contributed by atoms with Gasteiger partial charge in [-0.05, 0) is 36.8 Å². The summed E-state index contributed by atoms with van der Waals surface area (Å²) in [6.45, 7) is 1.72. The van der Waals surface area contributed by atoms with E-state index in [9.17, 15) is 17.2 Å². The van der Waals surface area contributed by atoms with Crippen LogP contribution < -0.4 is 10.2 Å². The van der Waals surface area contributed by atoms with Crippen molar-refractivity contribution in [2.45, 2.75) is 11.8 Å². The van der Waals surface area contributed by atoms with Crippen LogP contribution in [0.4, 0.5) is 32.1 Å². The molecule has 0 aliphatic rings. The fourth-order valence-electron chi connectivity index (χ4n) is 3.16. The van der Waals surface area contributed by atoms with Gasteiger partial charge in [-0.1, -0.05) is 6.07 Å². The first-order valence-electron chi connectivity index (χ1n) is 9.11. The maximum absolute atomic E-state index is 13.7. The lowest BCUT2D eigenvalue weighted by molar-refractivity contribution is 0.511. The number of fused-ring (bicyclic) bond motifs is 1. The van der Waals surface area contributed by atoms with Gasteiger partial charge >= 0.3 is 0 Å². The first-order chi connectivity index (χ1) is 14.6. The third-order valence-corrected chi connectivity index (χ3v) is 5.97. The summed E-state index contributed by atoms with van der Waals surface area (Å²) < 4.78 is 51.1. The molecular formula is C20H18F2N6O2S. The number of anilines is 4. The van der Waals surface area contributed by atoms with Crippen molar-refractivity contribution in [3.05, 3.63) is 59.8 Å². The normalized spacial score (nSPS) is 11.6. The molecule has 160 valence electrons. The van der Waals surface area contributed by atoms with Gasteiger partial charge in [0.15, 0.2) is 27.3 Å². The number of aryl methyl sites for hydroxylation is 1. The molecule has 31 heavy (non-hydrogen) atoms.